The predicted molar refractivity (Wildman–Crippen MR) is 93.0 cm³/mol. The van der Waals surface area contributed by atoms with Gasteiger partial charge in [0.1, 0.15) is 11.6 Å². The molecule has 9 heteroatoms. The van der Waals surface area contributed by atoms with Crippen molar-refractivity contribution >= 4 is 15.9 Å². The van der Waals surface area contributed by atoms with E-state index < -0.39 is 15.1 Å². The number of carbonyl (C=O) groups is 1. The van der Waals surface area contributed by atoms with E-state index >= 15 is 0 Å². The van der Waals surface area contributed by atoms with Crippen LogP contribution in [0.1, 0.15) is 38.5 Å². The van der Waals surface area contributed by atoms with E-state index in [4.69, 9.17) is 0 Å². The van der Waals surface area contributed by atoms with Crippen molar-refractivity contribution in [3.8, 4) is 0 Å². The molecule has 5 fully saturated rings. The first kappa shape index (κ1) is 16.5. The van der Waals surface area contributed by atoms with Gasteiger partial charge in [0.15, 0.2) is 0 Å². The summed E-state index contributed by atoms with van der Waals surface area (Å²) in [5.74, 6) is 2.30. The van der Waals surface area contributed by atoms with Crippen molar-refractivity contribution in [1.29, 1.82) is 0 Å². The summed E-state index contributed by atoms with van der Waals surface area (Å²) in [4.78, 5) is 14.3. The van der Waals surface area contributed by atoms with Crippen LogP contribution in [0.25, 0.3) is 0 Å². The van der Waals surface area contributed by atoms with Crippen molar-refractivity contribution < 1.29 is 13.2 Å². The first-order valence-corrected chi connectivity index (χ1v) is 11.0. The van der Waals surface area contributed by atoms with Gasteiger partial charge in [-0.3, -0.25) is 0 Å². The van der Waals surface area contributed by atoms with Crippen molar-refractivity contribution in [2.45, 2.75) is 54.5 Å². The molecule has 142 valence electrons. The summed E-state index contributed by atoms with van der Waals surface area (Å²) in [6.45, 7) is 0.459. The van der Waals surface area contributed by atoms with E-state index in [-0.39, 0.29) is 29.8 Å². The molecule has 0 spiro atoms. The Hall–Kier alpha value is -1.64. The minimum absolute atomic E-state index is 0.0244. The largest absolute Gasteiger partial charge is 0.333 e. The Morgan fingerprint density at radius 1 is 1.15 bits per heavy atom. The molecule has 5 aliphatic rings. The van der Waals surface area contributed by atoms with E-state index in [9.17, 15) is 13.2 Å². The first-order chi connectivity index (χ1) is 12.3. The van der Waals surface area contributed by atoms with Crippen LogP contribution in [0.5, 0.6) is 0 Å². The normalized spacial score (nSPS) is 36.2. The van der Waals surface area contributed by atoms with Gasteiger partial charge in [0.25, 0.3) is 0 Å². The molecule has 26 heavy (non-hydrogen) atoms. The van der Waals surface area contributed by atoms with Gasteiger partial charge in [-0.05, 0) is 56.3 Å². The van der Waals surface area contributed by atoms with Gasteiger partial charge in [0.05, 0.1) is 0 Å². The molecule has 2 amide bonds. The number of likely N-dealkylation sites (tertiary alicyclic amines) is 1. The Morgan fingerprint density at radius 2 is 1.73 bits per heavy atom. The molecule has 1 N–H and O–H groups in total. The summed E-state index contributed by atoms with van der Waals surface area (Å²) < 4.78 is 26.6. The molecule has 4 bridgehead atoms. The maximum atomic E-state index is 12.7. The number of rotatable bonds is 3. The zero-order chi connectivity index (χ0) is 18.1. The highest BCUT2D eigenvalue weighted by atomic mass is 32.2. The Morgan fingerprint density at radius 3 is 2.23 bits per heavy atom. The van der Waals surface area contributed by atoms with Gasteiger partial charge in [-0.25, -0.2) is 13.2 Å². The number of nitrogens with one attached hydrogen (secondary N) is 1. The molecule has 8 nitrogen and oxygen atoms in total. The third-order valence-corrected chi connectivity index (χ3v) is 8.96. The molecular weight excluding hydrogens is 354 g/mol. The third-order valence-electron chi connectivity index (χ3n) is 6.91. The fourth-order valence-electron chi connectivity index (χ4n) is 6.05. The fourth-order valence-corrected chi connectivity index (χ4v) is 7.71. The lowest BCUT2D eigenvalue weighted by molar-refractivity contribution is -0.0166. The highest BCUT2D eigenvalue weighted by Gasteiger charge is 2.52. The smallest absolute Gasteiger partial charge is 0.317 e. The zero-order valence-corrected chi connectivity index (χ0v) is 15.8. The van der Waals surface area contributed by atoms with E-state index in [1.54, 1.807) is 11.9 Å². The van der Waals surface area contributed by atoms with E-state index in [1.807, 2.05) is 0 Å². The lowest BCUT2D eigenvalue weighted by Crippen LogP contribution is -2.66. The topological polar surface area (TPSA) is 97.2 Å². The number of sulfone groups is 1. The monoisotopic (exact) mass is 379 g/mol. The van der Waals surface area contributed by atoms with Crippen molar-refractivity contribution in [1.82, 2.24) is 25.0 Å². The molecule has 0 unspecified atom stereocenters. The molecule has 1 aromatic rings. The van der Waals surface area contributed by atoms with E-state index in [1.165, 1.54) is 30.2 Å². The highest BCUT2D eigenvalue weighted by Crippen LogP contribution is 2.55. The number of aromatic nitrogens is 3. The summed E-state index contributed by atoms with van der Waals surface area (Å²) >= 11 is 0. The van der Waals surface area contributed by atoms with Gasteiger partial charge in [0, 0.05) is 25.7 Å². The van der Waals surface area contributed by atoms with Crippen LogP contribution in [0, 0.1) is 17.8 Å². The summed E-state index contributed by atoms with van der Waals surface area (Å²) in [5.41, 5.74) is -0.0423. The average molecular weight is 379 g/mol. The quantitative estimate of drug-likeness (QED) is 0.843. The standard InChI is InChI=1S/C17H25N5O3S/c1-21-10-18-20-16(21)26(24,25)14-8-22(9-14)15(23)19-17-5-11-2-12(6-17)4-13(3-11)7-17/h10-14H,2-9H2,1H3,(H,19,23). The zero-order valence-electron chi connectivity index (χ0n) is 15.0. The van der Waals surface area contributed by atoms with Crippen LogP contribution in [0.3, 0.4) is 0 Å². The predicted octanol–water partition coefficient (Wildman–Crippen LogP) is 0.951. The van der Waals surface area contributed by atoms with Gasteiger partial charge < -0.3 is 14.8 Å². The number of carbonyl (C=O) groups excluding carboxylic acids is 1. The number of hydrogen-bond acceptors (Lipinski definition) is 5. The molecule has 6 rings (SSSR count). The molecular formula is C17H25N5O3S. The van der Waals surface area contributed by atoms with Crippen molar-refractivity contribution in [3.05, 3.63) is 6.33 Å². The van der Waals surface area contributed by atoms with Gasteiger partial charge >= 0.3 is 6.03 Å². The number of nitrogens with zero attached hydrogens (tertiary/aromatic N) is 4. The minimum Gasteiger partial charge on any atom is -0.333 e. The molecule has 1 aromatic heterocycles. The van der Waals surface area contributed by atoms with Gasteiger partial charge in [0.2, 0.25) is 15.0 Å². The number of aryl methyl sites for hydroxylation is 1. The second kappa shape index (κ2) is 5.43. The molecule has 4 saturated carbocycles. The number of urea groups is 1. The van der Waals surface area contributed by atoms with Crippen LogP contribution in [-0.2, 0) is 16.9 Å². The second-order valence-corrected chi connectivity index (χ2v) is 11.0. The van der Waals surface area contributed by atoms with E-state index in [2.05, 4.69) is 15.5 Å². The Bertz CT molecular complexity index is 807. The molecule has 0 radical (unpaired) electrons. The maximum absolute atomic E-state index is 12.7. The van der Waals surface area contributed by atoms with Gasteiger partial charge in [-0.15, -0.1) is 10.2 Å². The summed E-state index contributed by atoms with van der Waals surface area (Å²) in [7, 11) is -1.93. The van der Waals surface area contributed by atoms with Crippen molar-refractivity contribution in [2.75, 3.05) is 13.1 Å². The Balaban J connectivity index is 1.23. The lowest BCUT2D eigenvalue weighted by Gasteiger charge is -2.57. The molecule has 1 saturated heterocycles. The van der Waals surface area contributed by atoms with Crippen molar-refractivity contribution in [3.63, 3.8) is 0 Å². The SMILES string of the molecule is Cn1cnnc1S(=O)(=O)C1CN(C(=O)NC23CC4CC(CC(C4)C2)C3)C1. The Labute approximate surface area is 153 Å². The molecule has 4 aliphatic carbocycles. The van der Waals surface area contributed by atoms with Crippen LogP contribution in [0.15, 0.2) is 11.5 Å². The van der Waals surface area contributed by atoms with Gasteiger partial charge in [-0.1, -0.05) is 0 Å². The van der Waals surface area contributed by atoms with E-state index in [0.29, 0.717) is 0 Å². The number of amides is 2. The summed E-state index contributed by atoms with van der Waals surface area (Å²) in [5, 5.41) is 10.0. The van der Waals surface area contributed by atoms with Crippen LogP contribution in [0.2, 0.25) is 0 Å². The number of hydrogen-bond donors (Lipinski definition) is 1. The Kier molecular flexibility index (Phi) is 3.45. The van der Waals surface area contributed by atoms with E-state index in [0.717, 1.165) is 37.0 Å². The fraction of sp³-hybridized carbons (Fsp3) is 0.824. The van der Waals surface area contributed by atoms with Gasteiger partial charge in [-0.2, -0.15) is 0 Å². The van der Waals surface area contributed by atoms with Crippen LogP contribution in [-0.4, -0.2) is 58.0 Å². The average Bonchev–Trinajstić information content (AvgIpc) is 2.90. The molecule has 2 heterocycles. The minimum atomic E-state index is -3.54. The second-order valence-electron chi connectivity index (χ2n) is 8.92. The molecule has 1 aliphatic heterocycles. The first-order valence-electron chi connectivity index (χ1n) is 9.50. The summed E-state index contributed by atoms with van der Waals surface area (Å²) in [6, 6.07) is -0.101. The van der Waals surface area contributed by atoms with Crippen LogP contribution < -0.4 is 5.32 Å². The third kappa shape index (κ3) is 2.46. The summed E-state index contributed by atoms with van der Waals surface area (Å²) in [6.07, 6.45) is 8.66. The van der Waals surface area contributed by atoms with Crippen molar-refractivity contribution in [2.24, 2.45) is 24.8 Å². The van der Waals surface area contributed by atoms with Crippen LogP contribution >= 0.6 is 0 Å². The molecule has 0 aromatic carbocycles. The maximum Gasteiger partial charge on any atom is 0.317 e. The highest BCUT2D eigenvalue weighted by molar-refractivity contribution is 7.92. The lowest BCUT2D eigenvalue weighted by atomic mass is 9.53. The van der Waals surface area contributed by atoms with Crippen LogP contribution in [0.4, 0.5) is 4.79 Å². The molecule has 0 atom stereocenters.